The molecule has 0 atom stereocenters. The minimum Gasteiger partial charge on any atom is 7.00 e. The van der Waals surface area contributed by atoms with Gasteiger partial charge >= 0.3 is 208 Å². The van der Waals surface area contributed by atoms with Crippen LogP contribution in [0.3, 0.4) is 0 Å². The molecule has 0 aromatic heterocycles. The van der Waals surface area contributed by atoms with E-state index in [-0.39, 0.29) is 20.4 Å². The van der Waals surface area contributed by atoms with E-state index >= 15 is 0 Å². The molecule has 0 saturated heterocycles. The first-order valence-electron chi connectivity index (χ1n) is 3.83. The van der Waals surface area contributed by atoms with Gasteiger partial charge in [0.05, 0.1) is 0 Å². The molecule has 0 aliphatic rings. The standard InChI is InChI=1S/21O.Re.7V/q;;;;;;;;;;;;;;7*-1;+7;;;;;;;. The van der Waals surface area contributed by atoms with Crippen molar-refractivity contribution in [3.05, 3.63) is 0 Å². The molecule has 0 bridgehead atoms. The van der Waals surface area contributed by atoms with Crippen molar-refractivity contribution in [3.63, 3.8) is 0 Å². The fraction of sp³-hybridized carbons (Fsp3) is 0. The Morgan fingerprint density at radius 3 is 0.241 bits per heavy atom. The summed E-state index contributed by atoms with van der Waals surface area (Å²) in [6, 6.07) is 0. The summed E-state index contributed by atoms with van der Waals surface area (Å²) in [6.07, 6.45) is 0. The molecular formula is O21ReV7. The quantitative estimate of drug-likeness (QED) is 0.218. The Balaban J connectivity index is -0.0000000294. The van der Waals surface area contributed by atoms with E-state index in [2.05, 4.69) is 0 Å². The minimum absolute atomic E-state index is 0. The van der Waals surface area contributed by atoms with Crippen LogP contribution in [0.2, 0.25) is 0 Å². The maximum Gasteiger partial charge on any atom is 7.00 e. The number of hydrogen-bond acceptors (Lipinski definition) is 21. The van der Waals surface area contributed by atoms with Gasteiger partial charge in [-0.05, 0) is 0 Å². The van der Waals surface area contributed by atoms with Gasteiger partial charge in [-0.2, -0.15) is 0 Å². The van der Waals surface area contributed by atoms with Crippen molar-refractivity contribution in [2.45, 2.75) is 0 Å². The summed E-state index contributed by atoms with van der Waals surface area (Å²) in [5, 5.41) is 0. The van der Waals surface area contributed by atoms with Gasteiger partial charge in [0.2, 0.25) is 0 Å². The second-order valence-electron chi connectivity index (χ2n) is 1.57. The molecule has 0 aromatic rings. The van der Waals surface area contributed by atoms with Gasteiger partial charge in [0.1, 0.15) is 0 Å². The maximum absolute atomic E-state index is 8.56. The number of rotatable bonds is 0. The summed E-state index contributed by atoms with van der Waals surface area (Å²) >= 11 is -27.6. The maximum atomic E-state index is 8.56. The van der Waals surface area contributed by atoms with Gasteiger partial charge in [0.15, 0.2) is 0 Å². The molecule has 0 spiro atoms. The van der Waals surface area contributed by atoms with Crippen molar-refractivity contribution >= 4 is 0 Å². The molecule has 0 unspecified atom stereocenters. The normalized spacial score (nSPS) is 6.03. The SMILES string of the molecule is [O]=[V](=[O])[O-].[O]=[V](=[O])[O-].[O]=[V](=[O])[O-].[O]=[V](=[O])[O-].[O]=[V](=[O])[O-].[O]=[V](=[O])[O-].[O]=[V](=[O])[O-].[Re+7]. The predicted octanol–water partition coefficient (Wildman–Crippen LogP) is -10.0. The average Bonchev–Trinajstić information content (AvgIpc) is 2.20. The van der Waals surface area contributed by atoms with Gasteiger partial charge in [-0.15, -0.1) is 0 Å². The van der Waals surface area contributed by atoms with Crippen LogP contribution < -0.4 is 28.2 Å². The molecule has 0 fully saturated rings. The van der Waals surface area contributed by atoms with Crippen LogP contribution in [0.4, 0.5) is 0 Å². The van der Waals surface area contributed by atoms with Gasteiger partial charge in [0, 0.05) is 0 Å². The third-order valence-corrected chi connectivity index (χ3v) is 0. The zero-order valence-corrected chi connectivity index (χ0v) is 24.6. The second kappa shape index (κ2) is 47.5. The monoisotopic (exact) mass is 879 g/mol. The van der Waals surface area contributed by atoms with Crippen molar-refractivity contribution in [1.82, 2.24) is 0 Å². The van der Waals surface area contributed by atoms with E-state index in [0.29, 0.717) is 0 Å². The van der Waals surface area contributed by atoms with E-state index in [9.17, 15) is 0 Å². The molecule has 0 aromatic carbocycles. The zero-order chi connectivity index (χ0) is 25.0. The fourth-order valence-corrected chi connectivity index (χ4v) is 0. The molecule has 0 amide bonds. The van der Waals surface area contributed by atoms with Gasteiger partial charge in [-0.1, -0.05) is 0 Å². The van der Waals surface area contributed by atoms with E-state index in [0.717, 1.165) is 0 Å². The smallest absolute Gasteiger partial charge is 7.00 e. The third-order valence-electron chi connectivity index (χ3n) is 0. The summed E-state index contributed by atoms with van der Waals surface area (Å²) in [7, 11) is 0. The Labute approximate surface area is 205 Å². The van der Waals surface area contributed by atoms with Crippen LogP contribution in [-0.4, -0.2) is 0 Å². The molecule has 0 heterocycles. The molecule has 0 rings (SSSR count). The van der Waals surface area contributed by atoms with E-state index in [1.807, 2.05) is 0 Å². The second-order valence-corrected chi connectivity index (χ2v) is 6.45. The summed E-state index contributed by atoms with van der Waals surface area (Å²) in [4.78, 5) is 0. The van der Waals surface area contributed by atoms with Crippen LogP contribution in [0.15, 0.2) is 0 Å². The molecule has 168 valence electrons. The minimum atomic E-state index is -3.94. The first-order valence-corrected chi connectivity index (χ1v) is 15.8. The van der Waals surface area contributed by atoms with E-state index in [4.69, 9.17) is 79.7 Å². The number of hydrogen-bond donors (Lipinski definition) is 0. The largest absolute Gasteiger partial charge is 7.00 e. The van der Waals surface area contributed by atoms with Crippen molar-refractivity contribution in [2.75, 3.05) is 0 Å². The van der Waals surface area contributed by atoms with Crippen LogP contribution in [0.5, 0.6) is 0 Å². The van der Waals surface area contributed by atoms with Crippen LogP contribution in [0.1, 0.15) is 0 Å². The van der Waals surface area contributed by atoms with Crippen LogP contribution >= 0.6 is 0 Å². The molecule has 29 heavy (non-hydrogen) atoms. The van der Waals surface area contributed by atoms with E-state index < -0.39 is 108 Å². The molecule has 0 N–H and O–H groups in total. The molecule has 0 aliphatic carbocycles. The Kier molecular flexibility index (Phi) is 86.0. The summed E-state index contributed by atoms with van der Waals surface area (Å²) < 4.78 is 180. The molecule has 0 aliphatic heterocycles. The van der Waals surface area contributed by atoms with Crippen molar-refractivity contribution < 1.29 is 208 Å². The summed E-state index contributed by atoms with van der Waals surface area (Å²) in [5.74, 6) is 0. The fourth-order valence-electron chi connectivity index (χ4n) is 0. The first kappa shape index (κ1) is 52.5. The summed E-state index contributed by atoms with van der Waals surface area (Å²) in [6.45, 7) is 0. The Morgan fingerprint density at radius 1 is 0.241 bits per heavy atom. The van der Waals surface area contributed by atoms with Crippen LogP contribution in [0.25, 0.3) is 0 Å². The van der Waals surface area contributed by atoms with Gasteiger partial charge < -0.3 is 0 Å². The molecule has 21 nitrogen and oxygen atoms in total. The van der Waals surface area contributed by atoms with Gasteiger partial charge in [-0.25, -0.2) is 0 Å². The van der Waals surface area contributed by atoms with E-state index in [1.54, 1.807) is 0 Å². The Morgan fingerprint density at radius 2 is 0.241 bits per heavy atom. The molecular weight excluding hydrogens is 879 g/mol. The average molecular weight is 879 g/mol. The van der Waals surface area contributed by atoms with Crippen molar-refractivity contribution in [2.24, 2.45) is 0 Å². The van der Waals surface area contributed by atoms with Crippen LogP contribution in [0, 0.1) is 0 Å². The van der Waals surface area contributed by atoms with Crippen LogP contribution in [-0.2, 0) is 180 Å². The van der Waals surface area contributed by atoms with Crippen molar-refractivity contribution in [3.8, 4) is 0 Å². The van der Waals surface area contributed by atoms with E-state index in [1.165, 1.54) is 0 Å². The first-order chi connectivity index (χ1) is 12.1. The van der Waals surface area contributed by atoms with Gasteiger partial charge in [0.25, 0.3) is 0 Å². The summed E-state index contributed by atoms with van der Waals surface area (Å²) in [5.41, 5.74) is 0. The predicted molar refractivity (Wildman–Crippen MR) is 9.61 cm³/mol. The zero-order valence-electron chi connectivity index (χ0n) is 12.1. The Hall–Kier alpha value is 1.67. The molecule has 29 heteroatoms. The molecule has 0 radical (unpaired) electrons. The topological polar surface area (TPSA) is 400 Å². The van der Waals surface area contributed by atoms with Gasteiger partial charge in [-0.3, -0.25) is 0 Å². The third kappa shape index (κ3) is 8120. The Bertz CT molecular complexity index is 565. The molecule has 0 saturated carbocycles. The van der Waals surface area contributed by atoms with Crippen molar-refractivity contribution in [1.29, 1.82) is 0 Å².